The van der Waals surface area contributed by atoms with Gasteiger partial charge in [-0.3, -0.25) is 14.4 Å². The van der Waals surface area contributed by atoms with Crippen molar-refractivity contribution in [1.29, 1.82) is 0 Å². The smallest absolute Gasteiger partial charge is 0.306 e. The summed E-state index contributed by atoms with van der Waals surface area (Å²) in [4.78, 5) is 34.3. The number of rotatable bonds is 12. The van der Waals surface area contributed by atoms with Crippen molar-refractivity contribution in [1.82, 2.24) is 0 Å². The quantitative estimate of drug-likeness (QED) is 0.508. The van der Waals surface area contributed by atoms with Gasteiger partial charge in [0.2, 0.25) is 0 Å². The lowest BCUT2D eigenvalue weighted by molar-refractivity contribution is -0.148. The van der Waals surface area contributed by atoms with Crippen LogP contribution in [0, 0.1) is 5.41 Å². The van der Waals surface area contributed by atoms with Gasteiger partial charge in [0, 0.05) is 24.3 Å². The third kappa shape index (κ3) is 9.43. The first-order valence-electron chi connectivity index (χ1n) is 8.99. The van der Waals surface area contributed by atoms with Gasteiger partial charge in [-0.25, -0.2) is 0 Å². The number of hydrogen-bond donors (Lipinski definition) is 2. The molecule has 0 saturated carbocycles. The Kier molecular flexibility index (Phi) is 9.29. The highest BCUT2D eigenvalue weighted by Gasteiger charge is 2.32. The van der Waals surface area contributed by atoms with Crippen LogP contribution in [-0.2, 0) is 25.5 Å². The summed E-state index contributed by atoms with van der Waals surface area (Å²) in [7, 11) is 0. The fourth-order valence-corrected chi connectivity index (χ4v) is 3.23. The van der Waals surface area contributed by atoms with Crippen molar-refractivity contribution in [3.63, 3.8) is 0 Å². The third-order valence-corrected chi connectivity index (χ3v) is 4.71. The average molecular weight is 399 g/mol. The predicted molar refractivity (Wildman–Crippen MR) is 102 cm³/mol. The van der Waals surface area contributed by atoms with E-state index in [-0.39, 0.29) is 44.2 Å². The molecule has 1 aromatic carbocycles. The lowest BCUT2D eigenvalue weighted by Gasteiger charge is -2.33. The number of carboxylic acid groups (broad SMARTS) is 2. The van der Waals surface area contributed by atoms with Gasteiger partial charge in [0.15, 0.2) is 0 Å². The van der Waals surface area contributed by atoms with Gasteiger partial charge in [-0.2, -0.15) is 0 Å². The van der Waals surface area contributed by atoms with E-state index in [0.717, 1.165) is 5.56 Å². The van der Waals surface area contributed by atoms with Crippen molar-refractivity contribution >= 4 is 29.5 Å². The third-order valence-electron chi connectivity index (χ3n) is 4.46. The van der Waals surface area contributed by atoms with E-state index in [0.29, 0.717) is 17.9 Å². The van der Waals surface area contributed by atoms with Crippen molar-refractivity contribution < 1.29 is 29.3 Å². The maximum absolute atomic E-state index is 12.0. The summed E-state index contributed by atoms with van der Waals surface area (Å²) in [5.74, 6) is -2.26. The molecule has 7 heteroatoms. The van der Waals surface area contributed by atoms with Gasteiger partial charge in [0.25, 0.3) is 0 Å². The molecule has 0 unspecified atom stereocenters. The number of esters is 1. The molecule has 0 bridgehead atoms. The molecular formula is C20H27ClO6. The Bertz CT molecular complexity index is 620. The van der Waals surface area contributed by atoms with Gasteiger partial charge in [-0.1, -0.05) is 23.7 Å². The summed E-state index contributed by atoms with van der Waals surface area (Å²) in [5.41, 5.74) is 0.299. The number of benzene rings is 1. The van der Waals surface area contributed by atoms with Gasteiger partial charge in [0.05, 0.1) is 6.10 Å². The normalized spacial score (nSPS) is 11.4. The highest BCUT2D eigenvalue weighted by molar-refractivity contribution is 6.30. The maximum atomic E-state index is 12.0. The molecule has 0 heterocycles. The molecule has 1 aromatic rings. The number of carboxylic acids is 2. The molecule has 150 valence electrons. The number of halogens is 1. The minimum atomic E-state index is -0.949. The number of carbonyl (C=O) groups is 3. The summed E-state index contributed by atoms with van der Waals surface area (Å²) in [6, 6.07) is 7.16. The molecule has 0 aliphatic rings. The van der Waals surface area contributed by atoms with Crippen LogP contribution in [-0.4, -0.2) is 34.2 Å². The van der Waals surface area contributed by atoms with Gasteiger partial charge >= 0.3 is 17.9 Å². The number of hydrogen-bond acceptors (Lipinski definition) is 4. The molecule has 0 spiro atoms. The zero-order chi connectivity index (χ0) is 20.4. The number of carbonyl (C=O) groups excluding carboxylic acids is 1. The Morgan fingerprint density at radius 3 is 1.89 bits per heavy atom. The van der Waals surface area contributed by atoms with E-state index in [1.165, 1.54) is 0 Å². The monoisotopic (exact) mass is 398 g/mol. The van der Waals surface area contributed by atoms with Crippen LogP contribution in [0.3, 0.4) is 0 Å². The standard InChI is InChI=1S/C20H27ClO6/c1-14(2)27-19(26)9-12-20(10-7-17(22)23,11-8-18(24)25)13-15-3-5-16(21)6-4-15/h3-6,14H,7-13H2,1-2H3,(H,22,23)(H,24,25). The lowest BCUT2D eigenvalue weighted by atomic mass is 9.71. The van der Waals surface area contributed by atoms with E-state index in [4.69, 9.17) is 26.6 Å². The van der Waals surface area contributed by atoms with E-state index < -0.39 is 17.4 Å². The van der Waals surface area contributed by atoms with Gasteiger partial charge in [-0.15, -0.1) is 0 Å². The Hall–Kier alpha value is -2.08. The largest absolute Gasteiger partial charge is 0.481 e. The molecule has 0 fully saturated rings. The molecule has 0 atom stereocenters. The zero-order valence-electron chi connectivity index (χ0n) is 15.7. The molecule has 0 saturated heterocycles. The molecule has 0 aliphatic carbocycles. The molecule has 0 radical (unpaired) electrons. The SMILES string of the molecule is CC(C)OC(=O)CCC(CCC(=O)O)(CCC(=O)O)Cc1ccc(Cl)cc1. The summed E-state index contributed by atoms with van der Waals surface area (Å²) in [6.45, 7) is 3.52. The maximum Gasteiger partial charge on any atom is 0.306 e. The van der Waals surface area contributed by atoms with Crippen molar-refractivity contribution in [3.05, 3.63) is 34.9 Å². The molecule has 0 amide bonds. The van der Waals surface area contributed by atoms with Gasteiger partial charge in [-0.05, 0) is 62.6 Å². The molecule has 0 aromatic heterocycles. The van der Waals surface area contributed by atoms with Gasteiger partial charge < -0.3 is 14.9 Å². The molecule has 6 nitrogen and oxygen atoms in total. The van der Waals surface area contributed by atoms with E-state index in [1.54, 1.807) is 26.0 Å². The molecule has 1 rings (SSSR count). The van der Waals surface area contributed by atoms with Crippen LogP contribution in [0.25, 0.3) is 0 Å². The van der Waals surface area contributed by atoms with Gasteiger partial charge in [0.1, 0.15) is 0 Å². The first kappa shape index (κ1) is 23.0. The Morgan fingerprint density at radius 2 is 1.44 bits per heavy atom. The topological polar surface area (TPSA) is 101 Å². The fraction of sp³-hybridized carbons (Fsp3) is 0.550. The summed E-state index contributed by atoms with van der Waals surface area (Å²) in [5, 5.41) is 18.8. The van der Waals surface area contributed by atoms with Crippen LogP contribution < -0.4 is 0 Å². The van der Waals surface area contributed by atoms with E-state index in [9.17, 15) is 14.4 Å². The first-order valence-corrected chi connectivity index (χ1v) is 9.37. The highest BCUT2D eigenvalue weighted by atomic mass is 35.5. The lowest BCUT2D eigenvalue weighted by Crippen LogP contribution is -2.28. The van der Waals surface area contributed by atoms with Crippen LogP contribution in [0.1, 0.15) is 57.9 Å². The Labute approximate surface area is 164 Å². The van der Waals surface area contributed by atoms with Crippen molar-refractivity contribution in [2.45, 2.75) is 64.9 Å². The minimum Gasteiger partial charge on any atom is -0.481 e. The van der Waals surface area contributed by atoms with Crippen LogP contribution in [0.2, 0.25) is 5.02 Å². The molecule has 2 N–H and O–H groups in total. The van der Waals surface area contributed by atoms with E-state index in [2.05, 4.69) is 0 Å². The summed E-state index contributed by atoms with van der Waals surface area (Å²) in [6.07, 6.45) is 1.10. The fourth-order valence-electron chi connectivity index (χ4n) is 3.11. The number of ether oxygens (including phenoxy) is 1. The van der Waals surface area contributed by atoms with Crippen LogP contribution >= 0.6 is 11.6 Å². The Morgan fingerprint density at radius 1 is 0.963 bits per heavy atom. The van der Waals surface area contributed by atoms with E-state index >= 15 is 0 Å². The second kappa shape index (κ2) is 10.9. The van der Waals surface area contributed by atoms with Crippen LogP contribution in [0.15, 0.2) is 24.3 Å². The summed E-state index contributed by atoms with van der Waals surface area (Å²) >= 11 is 5.92. The second-order valence-electron chi connectivity index (χ2n) is 7.13. The number of aliphatic carboxylic acids is 2. The molecular weight excluding hydrogens is 372 g/mol. The minimum absolute atomic E-state index is 0.0908. The predicted octanol–water partition coefficient (Wildman–Crippen LogP) is 4.33. The molecule has 27 heavy (non-hydrogen) atoms. The van der Waals surface area contributed by atoms with Crippen molar-refractivity contribution in [2.24, 2.45) is 5.41 Å². The highest BCUT2D eigenvalue weighted by Crippen LogP contribution is 2.39. The van der Waals surface area contributed by atoms with E-state index in [1.807, 2.05) is 12.1 Å². The van der Waals surface area contributed by atoms with Crippen LogP contribution in [0.5, 0.6) is 0 Å². The second-order valence-corrected chi connectivity index (χ2v) is 7.57. The van der Waals surface area contributed by atoms with Crippen LogP contribution in [0.4, 0.5) is 0 Å². The first-order chi connectivity index (χ1) is 12.6. The zero-order valence-corrected chi connectivity index (χ0v) is 16.5. The molecule has 0 aliphatic heterocycles. The average Bonchev–Trinajstić information content (AvgIpc) is 2.57. The Balaban J connectivity index is 3.03. The summed E-state index contributed by atoms with van der Waals surface area (Å²) < 4.78 is 5.17. The van der Waals surface area contributed by atoms with Crippen molar-refractivity contribution in [2.75, 3.05) is 0 Å². The van der Waals surface area contributed by atoms with Crippen molar-refractivity contribution in [3.8, 4) is 0 Å².